The van der Waals surface area contributed by atoms with Gasteiger partial charge in [0.2, 0.25) is 0 Å². The van der Waals surface area contributed by atoms with Crippen LogP contribution in [-0.4, -0.2) is 11.0 Å². The van der Waals surface area contributed by atoms with Crippen LogP contribution in [0.3, 0.4) is 0 Å². The van der Waals surface area contributed by atoms with E-state index in [0.29, 0.717) is 4.47 Å². The number of carbonyl (C=O) groups is 1. The summed E-state index contributed by atoms with van der Waals surface area (Å²) < 4.78 is 26.8. The summed E-state index contributed by atoms with van der Waals surface area (Å²) in [6.07, 6.45) is 0. The highest BCUT2D eigenvalue weighted by Gasteiger charge is 2.14. The van der Waals surface area contributed by atoms with E-state index in [2.05, 4.69) is 21.2 Å². The second kappa shape index (κ2) is 5.36. The van der Waals surface area contributed by atoms with E-state index in [1.54, 1.807) is 0 Å². The summed E-state index contributed by atoms with van der Waals surface area (Å²) in [4.78, 5) is 11.8. The third kappa shape index (κ3) is 3.08. The van der Waals surface area contributed by atoms with Crippen molar-refractivity contribution in [1.29, 1.82) is 0 Å². The molecule has 0 saturated heterocycles. The van der Waals surface area contributed by atoms with Crippen molar-refractivity contribution in [3.63, 3.8) is 0 Å². The Morgan fingerprint density at radius 2 is 1.89 bits per heavy atom. The number of phenols is 1. The van der Waals surface area contributed by atoms with E-state index in [-0.39, 0.29) is 11.3 Å². The van der Waals surface area contributed by atoms with Gasteiger partial charge in [-0.05, 0) is 30.3 Å². The predicted molar refractivity (Wildman–Crippen MR) is 70.1 cm³/mol. The minimum Gasteiger partial charge on any atom is -0.506 e. The van der Waals surface area contributed by atoms with Crippen molar-refractivity contribution in [3.8, 4) is 5.75 Å². The zero-order valence-corrected chi connectivity index (χ0v) is 11.0. The molecule has 0 bridgehead atoms. The molecule has 0 radical (unpaired) electrons. The molecule has 0 fully saturated rings. The van der Waals surface area contributed by atoms with Crippen molar-refractivity contribution in [1.82, 2.24) is 0 Å². The number of nitrogens with one attached hydrogen (secondary N) is 1. The Hall–Kier alpha value is -1.95. The molecule has 2 aromatic carbocycles. The van der Waals surface area contributed by atoms with E-state index in [1.807, 2.05) is 0 Å². The molecule has 2 aromatic rings. The van der Waals surface area contributed by atoms with Crippen molar-refractivity contribution >= 4 is 27.5 Å². The third-order valence-electron chi connectivity index (χ3n) is 2.38. The normalized spacial score (nSPS) is 10.3. The lowest BCUT2D eigenvalue weighted by Gasteiger charge is -2.08. The molecular formula is C13H8BrF2NO2. The van der Waals surface area contributed by atoms with E-state index in [4.69, 9.17) is 0 Å². The molecule has 1 amide bonds. The first-order valence-electron chi connectivity index (χ1n) is 5.22. The van der Waals surface area contributed by atoms with Crippen molar-refractivity contribution < 1.29 is 18.7 Å². The highest BCUT2D eigenvalue weighted by atomic mass is 79.9. The molecule has 98 valence electrons. The molecule has 6 heteroatoms. The van der Waals surface area contributed by atoms with E-state index in [9.17, 15) is 18.7 Å². The molecular weight excluding hydrogens is 320 g/mol. The molecule has 0 spiro atoms. The number of benzene rings is 2. The summed E-state index contributed by atoms with van der Waals surface area (Å²) in [5.74, 6) is -2.49. The number of hydrogen-bond donors (Lipinski definition) is 2. The van der Waals surface area contributed by atoms with Gasteiger partial charge in [-0.15, -0.1) is 0 Å². The van der Waals surface area contributed by atoms with Crippen LogP contribution in [0.4, 0.5) is 14.5 Å². The average molecular weight is 328 g/mol. The van der Waals surface area contributed by atoms with Gasteiger partial charge in [-0.1, -0.05) is 15.9 Å². The molecule has 3 nitrogen and oxygen atoms in total. The first-order chi connectivity index (χ1) is 8.97. The fraction of sp³-hybridized carbons (Fsp3) is 0. The average Bonchev–Trinajstić information content (AvgIpc) is 2.32. The summed E-state index contributed by atoms with van der Waals surface area (Å²) in [5, 5.41) is 11.7. The largest absolute Gasteiger partial charge is 0.506 e. The van der Waals surface area contributed by atoms with Gasteiger partial charge in [0.15, 0.2) is 0 Å². The van der Waals surface area contributed by atoms with Crippen LogP contribution < -0.4 is 5.32 Å². The number of amides is 1. The molecule has 19 heavy (non-hydrogen) atoms. The number of phenolic OH excluding ortho intramolecular Hbond substituents is 1. The highest BCUT2D eigenvalue weighted by molar-refractivity contribution is 9.10. The van der Waals surface area contributed by atoms with Crippen molar-refractivity contribution in [2.24, 2.45) is 0 Å². The van der Waals surface area contributed by atoms with Gasteiger partial charge in [0.1, 0.15) is 17.4 Å². The summed E-state index contributed by atoms with van der Waals surface area (Å²) in [7, 11) is 0. The number of aromatic hydroxyl groups is 1. The molecule has 2 rings (SSSR count). The fourth-order valence-electron chi connectivity index (χ4n) is 1.47. The van der Waals surface area contributed by atoms with E-state index in [0.717, 1.165) is 18.2 Å². The molecule has 0 aliphatic rings. The van der Waals surface area contributed by atoms with Crippen molar-refractivity contribution in [2.75, 3.05) is 5.32 Å². The van der Waals surface area contributed by atoms with Crippen molar-refractivity contribution in [3.05, 3.63) is 58.1 Å². The summed E-state index contributed by atoms with van der Waals surface area (Å²) in [6.45, 7) is 0. The lowest BCUT2D eigenvalue weighted by molar-refractivity contribution is 0.102. The lowest BCUT2D eigenvalue weighted by atomic mass is 10.2. The maximum atomic E-state index is 13.6. The zero-order chi connectivity index (χ0) is 14.0. The maximum Gasteiger partial charge on any atom is 0.258 e. The first kappa shape index (κ1) is 13.5. The molecule has 0 unspecified atom stereocenters. The van der Waals surface area contributed by atoms with Gasteiger partial charge >= 0.3 is 0 Å². The van der Waals surface area contributed by atoms with Crippen LogP contribution in [0.15, 0.2) is 40.9 Å². The van der Waals surface area contributed by atoms with Crippen LogP contribution in [0.1, 0.15) is 10.4 Å². The van der Waals surface area contributed by atoms with Gasteiger partial charge in [-0.3, -0.25) is 4.79 Å². The van der Waals surface area contributed by atoms with Crippen LogP contribution in [-0.2, 0) is 0 Å². The second-order valence-electron chi connectivity index (χ2n) is 3.74. The Labute approximate surface area is 116 Å². The number of rotatable bonds is 2. The minimum atomic E-state index is -0.730. The van der Waals surface area contributed by atoms with Crippen LogP contribution in [0.2, 0.25) is 0 Å². The second-order valence-corrected chi connectivity index (χ2v) is 4.66. The maximum absolute atomic E-state index is 13.6. The van der Waals surface area contributed by atoms with Gasteiger partial charge in [0.05, 0.1) is 11.3 Å². The van der Waals surface area contributed by atoms with E-state index in [1.165, 1.54) is 18.2 Å². The molecule has 0 heterocycles. The van der Waals surface area contributed by atoms with Gasteiger partial charge in [0.25, 0.3) is 5.91 Å². The third-order valence-corrected chi connectivity index (χ3v) is 2.88. The van der Waals surface area contributed by atoms with Crippen LogP contribution in [0, 0.1) is 11.6 Å². The van der Waals surface area contributed by atoms with Crippen LogP contribution >= 0.6 is 15.9 Å². The molecule has 0 atom stereocenters. The van der Waals surface area contributed by atoms with Gasteiger partial charge < -0.3 is 10.4 Å². The predicted octanol–water partition coefficient (Wildman–Crippen LogP) is 3.69. The molecule has 0 aromatic heterocycles. The van der Waals surface area contributed by atoms with Gasteiger partial charge in [-0.2, -0.15) is 0 Å². The number of carbonyl (C=O) groups excluding carboxylic acids is 1. The Bertz CT molecular complexity index is 647. The zero-order valence-electron chi connectivity index (χ0n) is 9.45. The topological polar surface area (TPSA) is 49.3 Å². The van der Waals surface area contributed by atoms with Gasteiger partial charge in [-0.25, -0.2) is 8.78 Å². The smallest absolute Gasteiger partial charge is 0.258 e. The molecule has 2 N–H and O–H groups in total. The summed E-state index contributed by atoms with van der Waals surface area (Å²) >= 11 is 3.08. The molecule has 0 aliphatic carbocycles. The number of hydrogen-bond acceptors (Lipinski definition) is 2. The molecule has 0 saturated carbocycles. The number of anilines is 1. The summed E-state index contributed by atoms with van der Waals surface area (Å²) in [6, 6.07) is 7.09. The Morgan fingerprint density at radius 1 is 1.16 bits per heavy atom. The first-order valence-corrected chi connectivity index (χ1v) is 6.01. The van der Waals surface area contributed by atoms with E-state index < -0.39 is 23.3 Å². The van der Waals surface area contributed by atoms with Crippen LogP contribution in [0.5, 0.6) is 5.75 Å². The Kier molecular flexibility index (Phi) is 3.80. The Balaban J connectivity index is 2.25. The highest BCUT2D eigenvalue weighted by Crippen LogP contribution is 2.24. The monoisotopic (exact) mass is 327 g/mol. The Morgan fingerprint density at radius 3 is 2.53 bits per heavy atom. The fourth-order valence-corrected chi connectivity index (χ4v) is 1.81. The lowest BCUT2D eigenvalue weighted by Crippen LogP contribution is -2.13. The van der Waals surface area contributed by atoms with Crippen LogP contribution in [0.25, 0.3) is 0 Å². The molecule has 0 aliphatic heterocycles. The minimum absolute atomic E-state index is 0.00807. The standard InChI is InChI=1S/C13H8BrF2NO2/c14-7-1-3-9(10(16)5-7)13(19)17-11-4-2-8(15)6-12(11)18/h1-6,18H,(H,17,19). The SMILES string of the molecule is O=C(Nc1ccc(F)cc1O)c1ccc(Br)cc1F. The summed E-state index contributed by atoms with van der Waals surface area (Å²) in [5.41, 5.74) is -0.166. The van der Waals surface area contributed by atoms with Crippen molar-refractivity contribution in [2.45, 2.75) is 0 Å². The van der Waals surface area contributed by atoms with E-state index >= 15 is 0 Å². The van der Waals surface area contributed by atoms with Gasteiger partial charge in [0, 0.05) is 10.5 Å². The quantitative estimate of drug-likeness (QED) is 0.826. The number of halogens is 3.